The van der Waals surface area contributed by atoms with Gasteiger partial charge in [-0.05, 0) is 41.6 Å². The Hall–Kier alpha value is -2.89. The van der Waals surface area contributed by atoms with E-state index in [0.29, 0.717) is 23.4 Å². The molecular formula is C15H14N2O4. The van der Waals surface area contributed by atoms with Gasteiger partial charge in [0.25, 0.3) is 0 Å². The smallest absolute Gasteiger partial charge is 0.337 e. The SMILES string of the molecule is COC(=O)c1cccc(NCc2cc(N=O)ccc2O)c1. The van der Waals surface area contributed by atoms with Crippen LogP contribution in [0.25, 0.3) is 0 Å². The second kappa shape index (κ2) is 6.51. The Labute approximate surface area is 121 Å². The minimum absolute atomic E-state index is 0.0685. The molecule has 108 valence electrons. The van der Waals surface area contributed by atoms with E-state index in [1.165, 1.54) is 25.3 Å². The van der Waals surface area contributed by atoms with Crippen LogP contribution in [0.5, 0.6) is 5.75 Å². The summed E-state index contributed by atoms with van der Waals surface area (Å²) in [6, 6.07) is 11.1. The summed E-state index contributed by atoms with van der Waals surface area (Å²) in [6.07, 6.45) is 0. The fraction of sp³-hybridized carbons (Fsp3) is 0.133. The highest BCUT2D eigenvalue weighted by Gasteiger charge is 2.07. The number of phenols is 1. The first-order chi connectivity index (χ1) is 10.1. The first-order valence-electron chi connectivity index (χ1n) is 6.21. The van der Waals surface area contributed by atoms with Crippen molar-refractivity contribution < 1.29 is 14.6 Å². The van der Waals surface area contributed by atoms with Gasteiger partial charge in [-0.1, -0.05) is 6.07 Å². The molecule has 0 saturated heterocycles. The molecule has 0 fully saturated rings. The summed E-state index contributed by atoms with van der Waals surface area (Å²) in [5.41, 5.74) is 1.90. The van der Waals surface area contributed by atoms with Gasteiger partial charge in [0.1, 0.15) is 11.4 Å². The van der Waals surface area contributed by atoms with Crippen LogP contribution in [0.15, 0.2) is 47.6 Å². The summed E-state index contributed by atoms with van der Waals surface area (Å²) in [4.78, 5) is 21.9. The minimum Gasteiger partial charge on any atom is -0.508 e. The molecule has 0 saturated carbocycles. The highest BCUT2D eigenvalue weighted by atomic mass is 16.5. The Morgan fingerprint density at radius 1 is 1.29 bits per heavy atom. The van der Waals surface area contributed by atoms with Gasteiger partial charge in [0.05, 0.1) is 12.7 Å². The van der Waals surface area contributed by atoms with Gasteiger partial charge >= 0.3 is 5.97 Å². The van der Waals surface area contributed by atoms with Crippen molar-refractivity contribution in [1.82, 2.24) is 0 Å². The van der Waals surface area contributed by atoms with E-state index in [4.69, 9.17) is 0 Å². The fourth-order valence-electron chi connectivity index (χ4n) is 1.84. The number of benzene rings is 2. The van der Waals surface area contributed by atoms with Crippen molar-refractivity contribution >= 4 is 17.3 Å². The number of nitroso groups, excluding NO2 is 1. The Balaban J connectivity index is 2.13. The number of hydrogen-bond donors (Lipinski definition) is 2. The molecule has 0 aliphatic heterocycles. The van der Waals surface area contributed by atoms with Gasteiger partial charge in [-0.2, -0.15) is 0 Å². The third-order valence-corrected chi connectivity index (χ3v) is 2.94. The van der Waals surface area contributed by atoms with Crippen LogP contribution < -0.4 is 5.32 Å². The summed E-state index contributed by atoms with van der Waals surface area (Å²) in [7, 11) is 1.32. The molecular weight excluding hydrogens is 272 g/mol. The molecule has 2 aromatic rings. The van der Waals surface area contributed by atoms with Crippen molar-refractivity contribution in [3.63, 3.8) is 0 Å². The number of rotatable bonds is 5. The lowest BCUT2D eigenvalue weighted by atomic mass is 10.1. The van der Waals surface area contributed by atoms with Crippen LogP contribution in [0.3, 0.4) is 0 Å². The van der Waals surface area contributed by atoms with Crippen molar-refractivity contribution in [2.24, 2.45) is 5.18 Å². The molecule has 0 heterocycles. The molecule has 2 aromatic carbocycles. The van der Waals surface area contributed by atoms with Gasteiger partial charge in [0.2, 0.25) is 0 Å². The number of ether oxygens (including phenoxy) is 1. The Morgan fingerprint density at radius 3 is 2.81 bits per heavy atom. The highest BCUT2D eigenvalue weighted by molar-refractivity contribution is 5.90. The number of methoxy groups -OCH3 is 1. The van der Waals surface area contributed by atoms with Crippen LogP contribution in [0.1, 0.15) is 15.9 Å². The average molecular weight is 286 g/mol. The normalized spacial score (nSPS) is 9.95. The number of nitrogens with one attached hydrogen (secondary N) is 1. The lowest BCUT2D eigenvalue weighted by Crippen LogP contribution is -2.04. The first kappa shape index (κ1) is 14.5. The quantitative estimate of drug-likeness (QED) is 0.651. The summed E-state index contributed by atoms with van der Waals surface area (Å²) in [5.74, 6) is -0.354. The summed E-state index contributed by atoms with van der Waals surface area (Å²) in [5, 5.41) is 15.6. The van der Waals surface area contributed by atoms with Crippen molar-refractivity contribution in [3.8, 4) is 5.75 Å². The largest absolute Gasteiger partial charge is 0.508 e. The first-order valence-corrected chi connectivity index (χ1v) is 6.21. The number of nitrogens with zero attached hydrogens (tertiary/aromatic N) is 1. The van der Waals surface area contributed by atoms with Gasteiger partial charge in [-0.15, -0.1) is 4.91 Å². The Kier molecular flexibility index (Phi) is 4.50. The Morgan fingerprint density at radius 2 is 2.10 bits per heavy atom. The molecule has 0 spiro atoms. The molecule has 0 unspecified atom stereocenters. The zero-order valence-electron chi connectivity index (χ0n) is 11.4. The van der Waals surface area contributed by atoms with E-state index in [9.17, 15) is 14.8 Å². The van der Waals surface area contributed by atoms with E-state index < -0.39 is 5.97 Å². The summed E-state index contributed by atoms with van der Waals surface area (Å²) < 4.78 is 4.65. The van der Waals surface area contributed by atoms with Crippen molar-refractivity contribution in [1.29, 1.82) is 0 Å². The summed E-state index contributed by atoms with van der Waals surface area (Å²) in [6.45, 7) is 0.291. The Bertz CT molecular complexity index is 670. The molecule has 2 N–H and O–H groups in total. The molecule has 0 aliphatic rings. The third kappa shape index (κ3) is 3.56. The monoisotopic (exact) mass is 286 g/mol. The van der Waals surface area contributed by atoms with Crippen molar-refractivity contribution in [2.75, 3.05) is 12.4 Å². The van der Waals surface area contributed by atoms with Crippen LogP contribution in [0.2, 0.25) is 0 Å². The molecule has 0 bridgehead atoms. The van der Waals surface area contributed by atoms with Crippen LogP contribution in [-0.2, 0) is 11.3 Å². The van der Waals surface area contributed by atoms with E-state index in [1.807, 2.05) is 0 Å². The van der Waals surface area contributed by atoms with Crippen LogP contribution >= 0.6 is 0 Å². The van der Waals surface area contributed by atoms with E-state index in [-0.39, 0.29) is 11.4 Å². The molecule has 6 heteroatoms. The number of esters is 1. The van der Waals surface area contributed by atoms with E-state index in [2.05, 4.69) is 15.2 Å². The van der Waals surface area contributed by atoms with Gasteiger partial charge in [0, 0.05) is 17.8 Å². The molecule has 0 atom stereocenters. The maximum atomic E-state index is 11.4. The maximum absolute atomic E-state index is 11.4. The van der Waals surface area contributed by atoms with E-state index in [1.54, 1.807) is 24.3 Å². The second-order valence-electron chi connectivity index (χ2n) is 4.33. The van der Waals surface area contributed by atoms with Gasteiger partial charge in [0.15, 0.2) is 0 Å². The predicted molar refractivity (Wildman–Crippen MR) is 78.7 cm³/mol. The average Bonchev–Trinajstić information content (AvgIpc) is 2.53. The third-order valence-electron chi connectivity index (χ3n) is 2.94. The lowest BCUT2D eigenvalue weighted by molar-refractivity contribution is 0.0601. The topological polar surface area (TPSA) is 88.0 Å². The highest BCUT2D eigenvalue weighted by Crippen LogP contribution is 2.24. The minimum atomic E-state index is -0.423. The van der Waals surface area contributed by atoms with Gasteiger partial charge in [-0.25, -0.2) is 4.79 Å². The molecule has 0 aliphatic carbocycles. The number of hydrogen-bond acceptors (Lipinski definition) is 6. The lowest BCUT2D eigenvalue weighted by Gasteiger charge is -2.09. The van der Waals surface area contributed by atoms with Crippen LogP contribution in [0.4, 0.5) is 11.4 Å². The molecule has 0 aromatic heterocycles. The second-order valence-corrected chi connectivity index (χ2v) is 4.33. The number of carbonyl (C=O) groups excluding carboxylic acids is 1. The fourth-order valence-corrected chi connectivity index (χ4v) is 1.84. The molecule has 6 nitrogen and oxygen atoms in total. The molecule has 0 radical (unpaired) electrons. The molecule has 0 amide bonds. The molecule has 2 rings (SSSR count). The van der Waals surface area contributed by atoms with Crippen molar-refractivity contribution in [2.45, 2.75) is 6.54 Å². The van der Waals surface area contributed by atoms with Gasteiger partial charge < -0.3 is 15.2 Å². The van der Waals surface area contributed by atoms with E-state index in [0.717, 1.165) is 0 Å². The van der Waals surface area contributed by atoms with Crippen LogP contribution in [-0.4, -0.2) is 18.2 Å². The van der Waals surface area contributed by atoms with E-state index >= 15 is 0 Å². The van der Waals surface area contributed by atoms with Crippen molar-refractivity contribution in [3.05, 3.63) is 58.5 Å². The number of carbonyl (C=O) groups is 1. The maximum Gasteiger partial charge on any atom is 0.337 e. The van der Waals surface area contributed by atoms with Crippen LogP contribution in [0, 0.1) is 4.91 Å². The number of aromatic hydroxyl groups is 1. The zero-order valence-corrected chi connectivity index (χ0v) is 11.4. The number of phenolic OH excluding ortho intramolecular Hbond substituents is 1. The van der Waals surface area contributed by atoms with Gasteiger partial charge in [-0.3, -0.25) is 0 Å². The summed E-state index contributed by atoms with van der Waals surface area (Å²) >= 11 is 0. The standard InChI is InChI=1S/C15H14N2O4/c1-21-15(19)10-3-2-4-12(7-10)16-9-11-8-13(17-20)5-6-14(11)18/h2-8,16,18H,9H2,1H3. The predicted octanol–water partition coefficient (Wildman–Crippen LogP) is 3.19. The number of anilines is 1. The molecule has 21 heavy (non-hydrogen) atoms. The zero-order chi connectivity index (χ0) is 15.2.